The molecule has 0 saturated heterocycles. The summed E-state index contributed by atoms with van der Waals surface area (Å²) in [6.07, 6.45) is -3.28. The zero-order valence-electron chi connectivity index (χ0n) is 20.5. The molecule has 0 aliphatic heterocycles. The molecule has 0 aliphatic carbocycles. The van der Waals surface area contributed by atoms with Gasteiger partial charge in [0, 0.05) is 22.1 Å². The fourth-order valence-electron chi connectivity index (χ4n) is 3.81. The summed E-state index contributed by atoms with van der Waals surface area (Å²) in [4.78, 5) is 16.8. The van der Waals surface area contributed by atoms with E-state index in [1.165, 1.54) is 32.5 Å². The number of urea groups is 1. The van der Waals surface area contributed by atoms with E-state index in [9.17, 15) is 18.0 Å². The number of methoxy groups -OCH3 is 2. The number of hydrogen-bond donors (Lipinski definition) is 2. The molecule has 1 atom stereocenters. The molecule has 0 spiro atoms. The van der Waals surface area contributed by atoms with Crippen molar-refractivity contribution in [1.82, 2.24) is 10.3 Å². The Balaban J connectivity index is 1.59. The Kier molecular flexibility index (Phi) is 7.96. The molecule has 1 heterocycles. The van der Waals surface area contributed by atoms with Crippen molar-refractivity contribution in [3.8, 4) is 23.0 Å². The molecule has 1 unspecified atom stereocenters. The topological polar surface area (TPSA) is 81.7 Å². The third-order valence-corrected chi connectivity index (χ3v) is 6.17. The molecule has 2 amide bonds. The third-order valence-electron chi connectivity index (χ3n) is 5.68. The lowest BCUT2D eigenvalue weighted by atomic mass is 10.1. The Hall–Kier alpha value is -3.99. The number of benzene rings is 3. The van der Waals surface area contributed by atoms with Crippen molar-refractivity contribution < 1.29 is 32.2 Å². The lowest BCUT2D eigenvalue weighted by Crippen LogP contribution is -2.31. The molecule has 198 valence electrons. The van der Waals surface area contributed by atoms with E-state index in [2.05, 4.69) is 31.5 Å². The number of hydrogen-bond acceptors (Lipinski definition) is 5. The molecule has 11 heteroatoms. The van der Waals surface area contributed by atoms with Crippen molar-refractivity contribution in [2.45, 2.75) is 19.1 Å². The first-order chi connectivity index (χ1) is 18.1. The van der Waals surface area contributed by atoms with E-state index in [1.807, 2.05) is 12.1 Å². The fraction of sp³-hybridized carbons (Fsp3) is 0.185. The van der Waals surface area contributed by atoms with Crippen LogP contribution in [0, 0.1) is 0 Å². The van der Waals surface area contributed by atoms with E-state index < -0.39 is 29.5 Å². The number of pyridine rings is 1. The van der Waals surface area contributed by atoms with E-state index >= 15 is 0 Å². The molecule has 2 N–H and O–H groups in total. The molecule has 0 radical (unpaired) electrons. The summed E-state index contributed by atoms with van der Waals surface area (Å²) in [7, 11) is 2.96. The van der Waals surface area contributed by atoms with Crippen molar-refractivity contribution in [2.24, 2.45) is 0 Å². The maximum absolute atomic E-state index is 14.0. The molecule has 0 bridgehead atoms. The Labute approximate surface area is 225 Å². The Morgan fingerprint density at radius 3 is 2.39 bits per heavy atom. The summed E-state index contributed by atoms with van der Waals surface area (Å²) in [5.74, 6) is 1.06. The quantitative estimate of drug-likeness (QED) is 0.231. The molecule has 0 aliphatic rings. The van der Waals surface area contributed by atoms with Crippen LogP contribution in [0.15, 0.2) is 71.3 Å². The van der Waals surface area contributed by atoms with Gasteiger partial charge in [-0.05, 0) is 55.0 Å². The molecular weight excluding hydrogens is 567 g/mol. The van der Waals surface area contributed by atoms with Crippen LogP contribution in [0.2, 0.25) is 0 Å². The fourth-order valence-corrected chi connectivity index (χ4v) is 4.23. The van der Waals surface area contributed by atoms with Crippen molar-refractivity contribution >= 4 is 38.6 Å². The number of anilines is 1. The van der Waals surface area contributed by atoms with Crippen LogP contribution in [0.1, 0.15) is 24.1 Å². The standard InChI is InChI=1S/C27H23BrF3N3O4/c1-15(16-5-4-6-17(28)11-16)33-26(35)34-21-8-7-18(12-20(21)27(29,30)31)38-23-9-10-32-22-14-25(37-3)24(36-2)13-19(22)23/h4-15H,1-3H3,(H2,33,34,35). The minimum absolute atomic E-state index is 0.0759. The van der Waals surface area contributed by atoms with E-state index in [0.717, 1.165) is 22.2 Å². The Morgan fingerprint density at radius 2 is 1.71 bits per heavy atom. The number of rotatable bonds is 7. The van der Waals surface area contributed by atoms with Crippen molar-refractivity contribution in [2.75, 3.05) is 19.5 Å². The number of aromatic nitrogens is 1. The zero-order chi connectivity index (χ0) is 27.4. The number of fused-ring (bicyclic) bond motifs is 1. The number of ether oxygens (including phenoxy) is 3. The Morgan fingerprint density at radius 1 is 0.974 bits per heavy atom. The molecule has 1 aromatic heterocycles. The van der Waals surface area contributed by atoms with Crippen LogP contribution < -0.4 is 24.8 Å². The van der Waals surface area contributed by atoms with Gasteiger partial charge in [-0.2, -0.15) is 13.2 Å². The van der Waals surface area contributed by atoms with Gasteiger partial charge in [-0.3, -0.25) is 4.98 Å². The van der Waals surface area contributed by atoms with Gasteiger partial charge in [0.25, 0.3) is 0 Å². The van der Waals surface area contributed by atoms with Gasteiger partial charge in [-0.15, -0.1) is 0 Å². The summed E-state index contributed by atoms with van der Waals surface area (Å²) in [5.41, 5.74) is -0.175. The van der Waals surface area contributed by atoms with E-state index in [4.69, 9.17) is 14.2 Å². The van der Waals surface area contributed by atoms with Gasteiger partial charge in [-0.1, -0.05) is 28.1 Å². The summed E-state index contributed by atoms with van der Waals surface area (Å²) in [5, 5.41) is 5.47. The van der Waals surface area contributed by atoms with Gasteiger partial charge < -0.3 is 24.8 Å². The molecule has 4 aromatic rings. The average molecular weight is 590 g/mol. The molecule has 0 fully saturated rings. The number of carbonyl (C=O) groups is 1. The zero-order valence-corrected chi connectivity index (χ0v) is 22.1. The van der Waals surface area contributed by atoms with Crippen LogP contribution in [-0.2, 0) is 6.18 Å². The molecule has 7 nitrogen and oxygen atoms in total. The molecule has 3 aromatic carbocycles. The third kappa shape index (κ3) is 6.10. The SMILES string of the molecule is COc1cc2nccc(Oc3ccc(NC(=O)NC(C)c4cccc(Br)c4)c(C(F)(F)F)c3)c2cc1OC. The second-order valence-electron chi connectivity index (χ2n) is 8.22. The first kappa shape index (κ1) is 27.1. The lowest BCUT2D eigenvalue weighted by Gasteiger charge is -2.19. The predicted octanol–water partition coefficient (Wildman–Crippen LogP) is 7.71. The number of amides is 2. The van der Waals surface area contributed by atoms with Gasteiger partial charge in [-0.25, -0.2) is 4.79 Å². The smallest absolute Gasteiger partial charge is 0.418 e. The minimum Gasteiger partial charge on any atom is -0.493 e. The number of nitrogens with zero attached hydrogens (tertiary/aromatic N) is 1. The van der Waals surface area contributed by atoms with Crippen LogP contribution in [0.5, 0.6) is 23.0 Å². The van der Waals surface area contributed by atoms with Gasteiger partial charge in [0.05, 0.1) is 37.0 Å². The normalized spacial score (nSPS) is 12.1. The first-order valence-electron chi connectivity index (χ1n) is 11.3. The number of halogens is 4. The minimum atomic E-state index is -4.76. The highest BCUT2D eigenvalue weighted by Gasteiger charge is 2.35. The van der Waals surface area contributed by atoms with Gasteiger partial charge in [0.2, 0.25) is 0 Å². The first-order valence-corrected chi connectivity index (χ1v) is 12.1. The van der Waals surface area contributed by atoms with Crippen LogP contribution in [-0.4, -0.2) is 25.2 Å². The summed E-state index contributed by atoms with van der Waals surface area (Å²) < 4.78 is 59.1. The maximum Gasteiger partial charge on any atom is 0.418 e. The largest absolute Gasteiger partial charge is 0.493 e. The predicted molar refractivity (Wildman–Crippen MR) is 141 cm³/mol. The highest BCUT2D eigenvalue weighted by atomic mass is 79.9. The van der Waals surface area contributed by atoms with Crippen LogP contribution in [0.3, 0.4) is 0 Å². The van der Waals surface area contributed by atoms with Crippen LogP contribution in [0.25, 0.3) is 10.9 Å². The van der Waals surface area contributed by atoms with E-state index in [-0.39, 0.29) is 11.5 Å². The number of alkyl halides is 3. The maximum atomic E-state index is 14.0. The highest BCUT2D eigenvalue weighted by Crippen LogP contribution is 2.40. The van der Waals surface area contributed by atoms with Crippen molar-refractivity contribution in [1.29, 1.82) is 0 Å². The van der Waals surface area contributed by atoms with Gasteiger partial charge in [0.1, 0.15) is 11.5 Å². The molecule has 4 rings (SSSR count). The van der Waals surface area contributed by atoms with Crippen molar-refractivity contribution in [3.63, 3.8) is 0 Å². The number of nitrogens with one attached hydrogen (secondary N) is 2. The van der Waals surface area contributed by atoms with Crippen LogP contribution >= 0.6 is 15.9 Å². The summed E-state index contributed by atoms with van der Waals surface area (Å²) in [6.45, 7) is 1.73. The van der Waals surface area contributed by atoms with E-state index in [1.54, 1.807) is 31.2 Å². The Bertz CT molecular complexity index is 1480. The highest BCUT2D eigenvalue weighted by molar-refractivity contribution is 9.10. The summed E-state index contributed by atoms with van der Waals surface area (Å²) >= 11 is 3.36. The lowest BCUT2D eigenvalue weighted by molar-refractivity contribution is -0.137. The second kappa shape index (κ2) is 11.2. The summed E-state index contributed by atoms with van der Waals surface area (Å²) in [6, 6.07) is 14.2. The van der Waals surface area contributed by atoms with Gasteiger partial charge >= 0.3 is 12.2 Å². The van der Waals surface area contributed by atoms with Crippen molar-refractivity contribution in [3.05, 3.63) is 82.5 Å². The molecular formula is C27H23BrF3N3O4. The molecule has 0 saturated carbocycles. The number of carbonyl (C=O) groups excluding carboxylic acids is 1. The van der Waals surface area contributed by atoms with E-state index in [0.29, 0.717) is 22.4 Å². The second-order valence-corrected chi connectivity index (χ2v) is 9.13. The molecule has 38 heavy (non-hydrogen) atoms. The van der Waals surface area contributed by atoms with Crippen LogP contribution in [0.4, 0.5) is 23.7 Å². The van der Waals surface area contributed by atoms with Gasteiger partial charge in [0.15, 0.2) is 11.5 Å². The average Bonchev–Trinajstić information content (AvgIpc) is 2.88. The monoisotopic (exact) mass is 589 g/mol.